The summed E-state index contributed by atoms with van der Waals surface area (Å²) < 4.78 is 6.97. The number of amides is 1. The van der Waals surface area contributed by atoms with E-state index in [-0.39, 0.29) is 17.7 Å². The summed E-state index contributed by atoms with van der Waals surface area (Å²) in [5, 5.41) is 6.22. The van der Waals surface area contributed by atoms with Crippen LogP contribution in [0, 0.1) is 6.92 Å². The van der Waals surface area contributed by atoms with Crippen LogP contribution in [0.25, 0.3) is 10.2 Å². The molecule has 1 amide bonds. The van der Waals surface area contributed by atoms with Gasteiger partial charge in [0.1, 0.15) is 0 Å². The number of thiazole rings is 1. The van der Waals surface area contributed by atoms with Gasteiger partial charge in [-0.05, 0) is 26.0 Å². The van der Waals surface area contributed by atoms with Crippen LogP contribution in [0.1, 0.15) is 18.6 Å². The largest absolute Gasteiger partial charge is 0.346 e. The van der Waals surface area contributed by atoms with Gasteiger partial charge in [0, 0.05) is 0 Å². The van der Waals surface area contributed by atoms with Crippen LogP contribution in [0.5, 0.6) is 0 Å². The van der Waals surface area contributed by atoms with E-state index < -0.39 is 0 Å². The molecule has 1 atom stereocenters. The van der Waals surface area contributed by atoms with Gasteiger partial charge in [0.25, 0.3) is 0 Å². The van der Waals surface area contributed by atoms with Crippen molar-refractivity contribution in [2.75, 3.05) is 0 Å². The number of para-hydroxylation sites is 1. The minimum Gasteiger partial charge on any atom is -0.346 e. The fourth-order valence-corrected chi connectivity index (χ4v) is 4.06. The minimum absolute atomic E-state index is 0.0832. The third-order valence-corrected chi connectivity index (χ3v) is 5.13. The van der Waals surface area contributed by atoms with Crippen LogP contribution in [0.2, 0.25) is 0 Å². The lowest BCUT2D eigenvalue weighted by Gasteiger charge is -2.08. The maximum atomic E-state index is 12.1. The predicted octanol–water partition coefficient (Wildman–Crippen LogP) is 2.78. The van der Waals surface area contributed by atoms with Crippen molar-refractivity contribution in [3.8, 4) is 0 Å². The Balaban J connectivity index is 1.58. The molecule has 114 valence electrons. The van der Waals surface area contributed by atoms with Crippen molar-refractivity contribution in [1.29, 1.82) is 0 Å². The van der Waals surface area contributed by atoms with E-state index in [2.05, 4.69) is 20.4 Å². The molecule has 6 nitrogen and oxygen atoms in total. The molecule has 0 radical (unpaired) electrons. The van der Waals surface area contributed by atoms with Gasteiger partial charge in [-0.25, -0.2) is 4.98 Å². The third-order valence-electron chi connectivity index (χ3n) is 2.90. The second kappa shape index (κ2) is 6.45. The summed E-state index contributed by atoms with van der Waals surface area (Å²) in [6.07, 6.45) is 0. The van der Waals surface area contributed by atoms with Gasteiger partial charge < -0.3 is 9.84 Å². The highest BCUT2D eigenvalue weighted by Gasteiger charge is 2.17. The topological polar surface area (TPSA) is 80.9 Å². The van der Waals surface area contributed by atoms with Crippen LogP contribution in [0.15, 0.2) is 33.1 Å². The van der Waals surface area contributed by atoms with Gasteiger partial charge in [0.2, 0.25) is 11.8 Å². The molecule has 8 heteroatoms. The maximum Gasteiger partial charge on any atom is 0.246 e. The number of hydrogen-bond donors (Lipinski definition) is 1. The Kier molecular flexibility index (Phi) is 4.39. The van der Waals surface area contributed by atoms with E-state index in [1.807, 2.05) is 31.2 Å². The molecule has 2 aromatic heterocycles. The lowest BCUT2D eigenvalue weighted by Crippen LogP contribution is -2.30. The van der Waals surface area contributed by atoms with Gasteiger partial charge in [-0.3, -0.25) is 4.79 Å². The van der Waals surface area contributed by atoms with E-state index in [4.69, 9.17) is 4.52 Å². The molecule has 0 fully saturated rings. The van der Waals surface area contributed by atoms with Gasteiger partial charge in [0.05, 0.1) is 22.0 Å². The molecule has 3 aromatic rings. The molecule has 0 aliphatic rings. The highest BCUT2D eigenvalue weighted by atomic mass is 32.2. The van der Waals surface area contributed by atoms with Crippen molar-refractivity contribution >= 4 is 39.2 Å². The number of carbonyl (C=O) groups is 1. The van der Waals surface area contributed by atoms with Gasteiger partial charge >= 0.3 is 0 Å². The molecule has 0 spiro atoms. The number of aryl methyl sites for hydroxylation is 1. The van der Waals surface area contributed by atoms with E-state index in [0.29, 0.717) is 11.7 Å². The number of aromatic nitrogens is 3. The summed E-state index contributed by atoms with van der Waals surface area (Å²) in [6.45, 7) is 3.83. The Morgan fingerprint density at radius 3 is 2.95 bits per heavy atom. The SMILES string of the molecule is Cc1noc(CNC(=O)[C@H](C)Sc2nc3ccccc3s2)n1. The van der Waals surface area contributed by atoms with Gasteiger partial charge in [-0.15, -0.1) is 11.3 Å². The molecule has 0 saturated heterocycles. The molecule has 3 rings (SSSR count). The summed E-state index contributed by atoms with van der Waals surface area (Å²) in [5.41, 5.74) is 0.962. The number of fused-ring (bicyclic) bond motifs is 1. The molecule has 0 aliphatic heterocycles. The van der Waals surface area contributed by atoms with Crippen molar-refractivity contribution in [2.45, 2.75) is 30.0 Å². The lowest BCUT2D eigenvalue weighted by molar-refractivity contribution is -0.120. The zero-order valence-corrected chi connectivity index (χ0v) is 13.7. The second-order valence-corrected chi connectivity index (χ2v) is 7.28. The Morgan fingerprint density at radius 2 is 2.23 bits per heavy atom. The minimum atomic E-state index is -0.246. The summed E-state index contributed by atoms with van der Waals surface area (Å²) >= 11 is 3.04. The summed E-state index contributed by atoms with van der Waals surface area (Å²) in [6, 6.07) is 7.94. The number of carbonyl (C=O) groups excluding carboxylic acids is 1. The molecule has 0 saturated carbocycles. The number of nitrogens with zero attached hydrogens (tertiary/aromatic N) is 3. The molecular formula is C14H14N4O2S2. The van der Waals surface area contributed by atoms with Crippen molar-refractivity contribution in [3.05, 3.63) is 36.0 Å². The Hall–Kier alpha value is -1.93. The normalized spacial score (nSPS) is 12.5. The summed E-state index contributed by atoms with van der Waals surface area (Å²) in [4.78, 5) is 20.7. The quantitative estimate of drug-likeness (QED) is 0.723. The molecule has 0 unspecified atom stereocenters. The Labute approximate surface area is 135 Å². The van der Waals surface area contributed by atoms with Crippen LogP contribution in [-0.4, -0.2) is 26.3 Å². The number of hydrogen-bond acceptors (Lipinski definition) is 7. The molecule has 1 aromatic carbocycles. The summed E-state index contributed by atoms with van der Waals surface area (Å²) in [7, 11) is 0. The predicted molar refractivity (Wildman–Crippen MR) is 85.8 cm³/mol. The first kappa shape index (κ1) is 15.0. The number of benzene rings is 1. The fraction of sp³-hybridized carbons (Fsp3) is 0.286. The lowest BCUT2D eigenvalue weighted by atomic mass is 10.3. The molecule has 0 aliphatic carbocycles. The highest BCUT2D eigenvalue weighted by molar-refractivity contribution is 8.02. The third kappa shape index (κ3) is 3.45. The van der Waals surface area contributed by atoms with E-state index in [0.717, 1.165) is 14.6 Å². The highest BCUT2D eigenvalue weighted by Crippen LogP contribution is 2.31. The fourth-order valence-electron chi connectivity index (χ4n) is 1.82. The van der Waals surface area contributed by atoms with Crippen LogP contribution in [0.3, 0.4) is 0 Å². The van der Waals surface area contributed by atoms with Crippen molar-refractivity contribution in [3.63, 3.8) is 0 Å². The molecule has 0 bridgehead atoms. The van der Waals surface area contributed by atoms with Crippen molar-refractivity contribution in [2.24, 2.45) is 0 Å². The van der Waals surface area contributed by atoms with E-state index in [1.165, 1.54) is 11.8 Å². The van der Waals surface area contributed by atoms with Gasteiger partial charge in [-0.1, -0.05) is 29.1 Å². The van der Waals surface area contributed by atoms with Crippen LogP contribution < -0.4 is 5.32 Å². The number of nitrogens with one attached hydrogen (secondary N) is 1. The zero-order chi connectivity index (χ0) is 15.5. The summed E-state index contributed by atoms with van der Waals surface area (Å²) in [5.74, 6) is 0.879. The standard InChI is InChI=1S/C14H14N4O2S2/c1-8(13(19)15-7-12-16-9(2)18-20-12)21-14-17-10-5-3-4-6-11(10)22-14/h3-6,8H,7H2,1-2H3,(H,15,19)/t8-/m0/s1. The Morgan fingerprint density at radius 1 is 1.41 bits per heavy atom. The smallest absolute Gasteiger partial charge is 0.246 e. The number of rotatable bonds is 5. The molecule has 2 heterocycles. The van der Waals surface area contributed by atoms with Gasteiger partial charge in [-0.2, -0.15) is 4.98 Å². The molecule has 1 N–H and O–H groups in total. The van der Waals surface area contributed by atoms with Crippen LogP contribution in [-0.2, 0) is 11.3 Å². The van der Waals surface area contributed by atoms with E-state index in [1.54, 1.807) is 18.3 Å². The van der Waals surface area contributed by atoms with Crippen molar-refractivity contribution < 1.29 is 9.32 Å². The first-order valence-electron chi connectivity index (χ1n) is 6.71. The molecular weight excluding hydrogens is 320 g/mol. The first-order valence-corrected chi connectivity index (χ1v) is 8.40. The first-order chi connectivity index (χ1) is 10.6. The molecule has 22 heavy (non-hydrogen) atoms. The van der Waals surface area contributed by atoms with E-state index in [9.17, 15) is 4.79 Å². The monoisotopic (exact) mass is 334 g/mol. The number of thioether (sulfide) groups is 1. The maximum absolute atomic E-state index is 12.1. The Bertz CT molecular complexity index is 766. The zero-order valence-electron chi connectivity index (χ0n) is 12.1. The van der Waals surface area contributed by atoms with Crippen LogP contribution in [0.4, 0.5) is 0 Å². The van der Waals surface area contributed by atoms with Gasteiger partial charge in [0.15, 0.2) is 10.2 Å². The van der Waals surface area contributed by atoms with Crippen molar-refractivity contribution in [1.82, 2.24) is 20.4 Å². The average Bonchev–Trinajstić information content (AvgIpc) is 3.09. The average molecular weight is 334 g/mol. The van der Waals surface area contributed by atoms with Crippen LogP contribution >= 0.6 is 23.1 Å². The van der Waals surface area contributed by atoms with E-state index >= 15 is 0 Å². The second-order valence-electron chi connectivity index (χ2n) is 4.66.